The molecule has 2 radical (unpaired) electrons. The number of rotatable bonds is 13. The first-order chi connectivity index (χ1) is 8.70. The van der Waals surface area contributed by atoms with Gasteiger partial charge in [0.25, 0.3) is 0 Å². The van der Waals surface area contributed by atoms with Gasteiger partial charge in [-0.1, -0.05) is 33.1 Å². The van der Waals surface area contributed by atoms with Crippen LogP contribution in [0.2, 0.25) is 0 Å². The van der Waals surface area contributed by atoms with Crippen molar-refractivity contribution in [3.63, 3.8) is 0 Å². The molecule has 0 aliphatic rings. The maximum Gasteiger partial charge on any atom is 0.0873 e. The monoisotopic (exact) mass is 258 g/mol. The summed E-state index contributed by atoms with van der Waals surface area (Å²) in [5, 5.41) is 0. The number of hydrogen-bond acceptors (Lipinski definition) is 3. The van der Waals surface area contributed by atoms with Gasteiger partial charge in [0.05, 0.1) is 32.0 Å². The minimum absolute atomic E-state index is 0.0909. The van der Waals surface area contributed by atoms with Crippen LogP contribution in [0.5, 0.6) is 0 Å². The van der Waals surface area contributed by atoms with Crippen molar-refractivity contribution in [1.82, 2.24) is 0 Å². The Morgan fingerprint density at radius 3 is 2.44 bits per heavy atom. The largest absolute Gasteiger partial charge is 0.379 e. The molecular weight excluding hydrogens is 228 g/mol. The fraction of sp³-hybridized carbons (Fsp3) is 0.867. The van der Waals surface area contributed by atoms with E-state index in [0.29, 0.717) is 13.2 Å². The van der Waals surface area contributed by atoms with Crippen LogP contribution >= 0.6 is 0 Å². The summed E-state index contributed by atoms with van der Waals surface area (Å²) >= 11 is 0. The second-order valence-electron chi connectivity index (χ2n) is 4.70. The average molecular weight is 258 g/mol. The van der Waals surface area contributed by atoms with Crippen LogP contribution in [0.15, 0.2) is 0 Å². The molecule has 0 fully saturated rings. The van der Waals surface area contributed by atoms with Crippen LogP contribution in [0.4, 0.5) is 0 Å². The SMILES string of the molecule is C[CH][CH]OC(C)COC(C)COCCCCCC. The highest BCUT2D eigenvalue weighted by molar-refractivity contribution is 4.69. The van der Waals surface area contributed by atoms with Crippen molar-refractivity contribution >= 4 is 0 Å². The summed E-state index contributed by atoms with van der Waals surface area (Å²) in [6.45, 7) is 12.0. The van der Waals surface area contributed by atoms with Crippen molar-refractivity contribution < 1.29 is 14.2 Å². The molecule has 0 aromatic heterocycles. The lowest BCUT2D eigenvalue weighted by Gasteiger charge is -2.17. The zero-order valence-electron chi connectivity index (χ0n) is 12.5. The lowest BCUT2D eigenvalue weighted by molar-refractivity contribution is -0.0445. The van der Waals surface area contributed by atoms with Gasteiger partial charge < -0.3 is 14.2 Å². The van der Waals surface area contributed by atoms with Crippen molar-refractivity contribution in [3.8, 4) is 0 Å². The molecule has 3 nitrogen and oxygen atoms in total. The highest BCUT2D eigenvalue weighted by atomic mass is 16.6. The molecule has 2 unspecified atom stereocenters. The zero-order valence-corrected chi connectivity index (χ0v) is 12.5. The maximum atomic E-state index is 5.64. The van der Waals surface area contributed by atoms with E-state index in [1.807, 2.05) is 27.2 Å². The Balaban J connectivity index is 3.28. The van der Waals surface area contributed by atoms with Gasteiger partial charge in [-0.15, -0.1) is 0 Å². The molecule has 0 saturated heterocycles. The maximum absolute atomic E-state index is 5.64. The molecule has 0 N–H and O–H groups in total. The fourth-order valence-corrected chi connectivity index (χ4v) is 1.48. The van der Waals surface area contributed by atoms with Crippen LogP contribution in [-0.2, 0) is 14.2 Å². The first-order valence-electron chi connectivity index (χ1n) is 7.16. The Kier molecular flexibility index (Phi) is 13.2. The Morgan fingerprint density at radius 2 is 1.78 bits per heavy atom. The summed E-state index contributed by atoms with van der Waals surface area (Å²) in [6, 6.07) is 0. The van der Waals surface area contributed by atoms with Gasteiger partial charge in [-0.2, -0.15) is 0 Å². The molecular formula is C15H30O3. The summed E-state index contributed by atoms with van der Waals surface area (Å²) in [6.07, 6.45) is 7.08. The molecule has 0 heterocycles. The van der Waals surface area contributed by atoms with Gasteiger partial charge in [-0.3, -0.25) is 0 Å². The topological polar surface area (TPSA) is 27.7 Å². The van der Waals surface area contributed by atoms with Gasteiger partial charge in [-0.25, -0.2) is 0 Å². The van der Waals surface area contributed by atoms with E-state index < -0.39 is 0 Å². The first kappa shape index (κ1) is 17.9. The number of hydrogen-bond donors (Lipinski definition) is 0. The molecule has 0 rings (SSSR count). The highest BCUT2D eigenvalue weighted by Crippen LogP contribution is 2.02. The molecule has 0 aliphatic heterocycles. The van der Waals surface area contributed by atoms with Gasteiger partial charge in [0.15, 0.2) is 0 Å². The molecule has 2 atom stereocenters. The lowest BCUT2D eigenvalue weighted by Crippen LogP contribution is -2.23. The molecule has 18 heavy (non-hydrogen) atoms. The van der Waals surface area contributed by atoms with E-state index in [0.717, 1.165) is 13.0 Å². The Morgan fingerprint density at radius 1 is 1.00 bits per heavy atom. The third-order valence-electron chi connectivity index (χ3n) is 2.56. The highest BCUT2D eigenvalue weighted by Gasteiger charge is 2.07. The van der Waals surface area contributed by atoms with E-state index in [-0.39, 0.29) is 12.2 Å². The summed E-state index contributed by atoms with van der Waals surface area (Å²) < 4.78 is 16.6. The van der Waals surface area contributed by atoms with Crippen molar-refractivity contribution in [1.29, 1.82) is 0 Å². The zero-order chi connectivity index (χ0) is 13.6. The molecule has 0 aromatic carbocycles. The second kappa shape index (κ2) is 13.3. The minimum atomic E-state index is 0.0909. The Labute approximate surface area is 113 Å². The van der Waals surface area contributed by atoms with Crippen LogP contribution in [0.25, 0.3) is 0 Å². The van der Waals surface area contributed by atoms with Crippen molar-refractivity contribution in [2.45, 2.75) is 65.6 Å². The van der Waals surface area contributed by atoms with E-state index in [4.69, 9.17) is 14.2 Å². The van der Waals surface area contributed by atoms with Crippen LogP contribution in [0.1, 0.15) is 53.4 Å². The van der Waals surface area contributed by atoms with E-state index in [2.05, 4.69) is 6.92 Å². The lowest BCUT2D eigenvalue weighted by atomic mass is 10.2. The van der Waals surface area contributed by atoms with E-state index in [1.54, 1.807) is 6.61 Å². The molecule has 0 amide bonds. The van der Waals surface area contributed by atoms with Gasteiger partial charge in [0.1, 0.15) is 0 Å². The number of unbranched alkanes of at least 4 members (excludes halogenated alkanes) is 3. The van der Waals surface area contributed by atoms with Gasteiger partial charge in [-0.05, 0) is 26.7 Å². The minimum Gasteiger partial charge on any atom is -0.379 e. The predicted molar refractivity (Wildman–Crippen MR) is 75.2 cm³/mol. The van der Waals surface area contributed by atoms with E-state index in [9.17, 15) is 0 Å². The molecule has 3 heteroatoms. The third kappa shape index (κ3) is 12.3. The molecule has 0 aliphatic carbocycles. The quantitative estimate of drug-likeness (QED) is 0.471. The predicted octanol–water partition coefficient (Wildman–Crippen LogP) is 3.78. The molecule has 0 spiro atoms. The first-order valence-corrected chi connectivity index (χ1v) is 7.16. The molecule has 0 aromatic rings. The standard InChI is InChI=1S/C15H30O3/c1-5-7-8-9-11-16-12-14(3)18-13-15(4)17-10-6-2/h6,10,14-15H,5,7-9,11-13H2,1-4H3. The van der Waals surface area contributed by atoms with Gasteiger partial charge in [0.2, 0.25) is 0 Å². The second-order valence-corrected chi connectivity index (χ2v) is 4.70. The molecule has 0 saturated carbocycles. The van der Waals surface area contributed by atoms with E-state index in [1.165, 1.54) is 19.3 Å². The summed E-state index contributed by atoms with van der Waals surface area (Å²) in [7, 11) is 0. The Hall–Kier alpha value is -0.120. The van der Waals surface area contributed by atoms with Crippen molar-refractivity contribution in [2.75, 3.05) is 19.8 Å². The Bertz CT molecular complexity index is 162. The van der Waals surface area contributed by atoms with Gasteiger partial charge in [0, 0.05) is 6.61 Å². The fourth-order valence-electron chi connectivity index (χ4n) is 1.48. The van der Waals surface area contributed by atoms with Crippen LogP contribution in [0, 0.1) is 13.0 Å². The summed E-state index contributed by atoms with van der Waals surface area (Å²) in [4.78, 5) is 0. The number of ether oxygens (including phenoxy) is 3. The molecule has 0 bridgehead atoms. The normalized spacial score (nSPS) is 14.7. The molecule has 108 valence electrons. The van der Waals surface area contributed by atoms with Gasteiger partial charge >= 0.3 is 0 Å². The van der Waals surface area contributed by atoms with Crippen LogP contribution < -0.4 is 0 Å². The van der Waals surface area contributed by atoms with Crippen molar-refractivity contribution in [2.24, 2.45) is 0 Å². The summed E-state index contributed by atoms with van der Waals surface area (Å²) in [5.74, 6) is 0. The van der Waals surface area contributed by atoms with Crippen molar-refractivity contribution in [3.05, 3.63) is 13.0 Å². The average Bonchev–Trinajstić information content (AvgIpc) is 2.38. The summed E-state index contributed by atoms with van der Waals surface area (Å²) in [5.41, 5.74) is 0. The smallest absolute Gasteiger partial charge is 0.0873 e. The van der Waals surface area contributed by atoms with Crippen LogP contribution in [-0.4, -0.2) is 32.0 Å². The van der Waals surface area contributed by atoms with Crippen LogP contribution in [0.3, 0.4) is 0 Å². The third-order valence-corrected chi connectivity index (χ3v) is 2.56. The van der Waals surface area contributed by atoms with E-state index >= 15 is 0 Å².